The van der Waals surface area contributed by atoms with E-state index in [0.717, 1.165) is 16.8 Å². The average molecular weight is 374 g/mol. The van der Waals surface area contributed by atoms with E-state index in [9.17, 15) is 14.9 Å². The Morgan fingerprint density at radius 2 is 1.64 bits per heavy atom. The molecule has 0 bridgehead atoms. The van der Waals surface area contributed by atoms with Crippen molar-refractivity contribution in [3.8, 4) is 0 Å². The minimum absolute atomic E-state index is 0.0592. The Kier molecular flexibility index (Phi) is 5.55. The second-order valence-electron chi connectivity index (χ2n) is 6.24. The number of carbonyl (C=O) groups excluding carboxylic acids is 1. The van der Waals surface area contributed by atoms with E-state index < -0.39 is 4.92 Å². The van der Waals surface area contributed by atoms with Gasteiger partial charge in [-0.05, 0) is 61.4 Å². The fourth-order valence-electron chi connectivity index (χ4n) is 2.57. The van der Waals surface area contributed by atoms with Crippen LogP contribution in [0.1, 0.15) is 21.5 Å². The van der Waals surface area contributed by atoms with Crippen LogP contribution in [-0.2, 0) is 0 Å². The van der Waals surface area contributed by atoms with Gasteiger partial charge in [0, 0.05) is 23.4 Å². The number of nitrogens with one attached hydrogen (secondary N) is 1. The lowest BCUT2D eigenvalue weighted by molar-refractivity contribution is -0.384. The van der Waals surface area contributed by atoms with Gasteiger partial charge in [0.05, 0.1) is 16.3 Å². The summed E-state index contributed by atoms with van der Waals surface area (Å²) in [7, 11) is 0. The molecule has 0 spiro atoms. The predicted molar refractivity (Wildman–Crippen MR) is 108 cm³/mol. The smallest absolute Gasteiger partial charge is 0.269 e. The molecule has 3 rings (SSSR count). The lowest BCUT2D eigenvalue weighted by atomic mass is 10.1. The van der Waals surface area contributed by atoms with Crippen LogP contribution in [0.25, 0.3) is 0 Å². The summed E-state index contributed by atoms with van der Waals surface area (Å²) in [6.07, 6.45) is 0. The molecule has 7 nitrogen and oxygen atoms in total. The highest BCUT2D eigenvalue weighted by molar-refractivity contribution is 6.04. The van der Waals surface area contributed by atoms with Crippen molar-refractivity contribution < 1.29 is 9.72 Å². The fourth-order valence-corrected chi connectivity index (χ4v) is 2.57. The summed E-state index contributed by atoms with van der Waals surface area (Å²) in [4.78, 5) is 22.6. The van der Waals surface area contributed by atoms with Crippen molar-refractivity contribution in [2.75, 3.05) is 5.32 Å². The lowest BCUT2D eigenvalue weighted by Crippen LogP contribution is -2.12. The Bertz CT molecular complexity index is 1060. The quantitative estimate of drug-likeness (QED) is 0.343. The number of carbonyl (C=O) groups is 1. The minimum atomic E-state index is -0.504. The summed E-state index contributed by atoms with van der Waals surface area (Å²) in [5, 5.41) is 22.0. The molecule has 3 aromatic carbocycles. The zero-order chi connectivity index (χ0) is 20.1. The summed E-state index contributed by atoms with van der Waals surface area (Å²) in [5.74, 6) is -0.340. The predicted octanol–water partition coefficient (Wildman–Crippen LogP) is 5.88. The van der Waals surface area contributed by atoms with Gasteiger partial charge in [-0.3, -0.25) is 14.9 Å². The summed E-state index contributed by atoms with van der Waals surface area (Å²) in [5.41, 5.74) is 4.26. The van der Waals surface area contributed by atoms with Gasteiger partial charge in [0.1, 0.15) is 0 Å². The van der Waals surface area contributed by atoms with E-state index in [-0.39, 0.29) is 11.6 Å². The molecule has 0 fully saturated rings. The zero-order valence-electron chi connectivity index (χ0n) is 15.4. The number of nitrogens with zero attached hydrogens (tertiary/aromatic N) is 3. The number of nitro groups is 1. The normalized spacial score (nSPS) is 10.8. The van der Waals surface area contributed by atoms with Gasteiger partial charge in [0.25, 0.3) is 11.6 Å². The van der Waals surface area contributed by atoms with E-state index in [1.807, 2.05) is 44.2 Å². The monoisotopic (exact) mass is 374 g/mol. The highest BCUT2D eigenvalue weighted by Crippen LogP contribution is 2.25. The van der Waals surface area contributed by atoms with Crippen LogP contribution in [0.4, 0.5) is 22.7 Å². The fraction of sp³-hybridized carbons (Fsp3) is 0.0952. The van der Waals surface area contributed by atoms with Crippen LogP contribution in [0.15, 0.2) is 77.0 Å². The first-order chi connectivity index (χ1) is 13.4. The number of azo groups is 1. The van der Waals surface area contributed by atoms with Crippen LogP contribution < -0.4 is 5.32 Å². The molecule has 1 N–H and O–H groups in total. The van der Waals surface area contributed by atoms with Crippen LogP contribution in [0.3, 0.4) is 0 Å². The van der Waals surface area contributed by atoms with Crippen molar-refractivity contribution in [2.45, 2.75) is 13.8 Å². The number of amides is 1. The number of benzene rings is 3. The summed E-state index contributed by atoms with van der Waals surface area (Å²) in [6, 6.07) is 18.5. The Morgan fingerprint density at radius 3 is 2.29 bits per heavy atom. The molecule has 1 amide bonds. The van der Waals surface area contributed by atoms with Gasteiger partial charge < -0.3 is 5.32 Å². The number of non-ortho nitro benzene ring substituents is 1. The Hall–Kier alpha value is -3.87. The molecular weight excluding hydrogens is 356 g/mol. The van der Waals surface area contributed by atoms with Gasteiger partial charge in [-0.25, -0.2) is 0 Å². The maximum Gasteiger partial charge on any atom is 0.269 e. The van der Waals surface area contributed by atoms with Gasteiger partial charge in [-0.2, -0.15) is 10.2 Å². The molecular formula is C21H18N4O3. The van der Waals surface area contributed by atoms with Gasteiger partial charge in [-0.15, -0.1) is 0 Å². The molecule has 7 heteroatoms. The third kappa shape index (κ3) is 4.45. The number of anilines is 1. The third-order valence-corrected chi connectivity index (χ3v) is 4.19. The van der Waals surface area contributed by atoms with Crippen LogP contribution in [0.2, 0.25) is 0 Å². The number of hydrogen-bond donors (Lipinski definition) is 1. The van der Waals surface area contributed by atoms with E-state index in [4.69, 9.17) is 0 Å². The minimum Gasteiger partial charge on any atom is -0.322 e. The van der Waals surface area contributed by atoms with E-state index in [0.29, 0.717) is 16.9 Å². The number of hydrogen-bond acceptors (Lipinski definition) is 5. The van der Waals surface area contributed by atoms with E-state index in [1.54, 1.807) is 12.1 Å². The molecule has 3 aromatic rings. The van der Waals surface area contributed by atoms with Crippen LogP contribution in [-0.4, -0.2) is 10.8 Å². The van der Waals surface area contributed by atoms with E-state index >= 15 is 0 Å². The molecule has 0 aliphatic carbocycles. The first-order valence-corrected chi connectivity index (χ1v) is 8.58. The maximum absolute atomic E-state index is 12.4. The van der Waals surface area contributed by atoms with Gasteiger partial charge in [0.2, 0.25) is 0 Å². The number of rotatable bonds is 5. The molecule has 0 heterocycles. The van der Waals surface area contributed by atoms with Crippen molar-refractivity contribution in [3.05, 3.63) is 93.5 Å². The van der Waals surface area contributed by atoms with Gasteiger partial charge >= 0.3 is 0 Å². The van der Waals surface area contributed by atoms with Gasteiger partial charge in [-0.1, -0.05) is 18.2 Å². The van der Waals surface area contributed by atoms with Crippen LogP contribution in [0, 0.1) is 24.0 Å². The first-order valence-electron chi connectivity index (χ1n) is 8.58. The Labute approximate surface area is 161 Å². The molecule has 0 aliphatic rings. The van der Waals surface area contributed by atoms with E-state index in [1.165, 1.54) is 24.3 Å². The SMILES string of the molecule is Cc1ccccc1N=Nc1ccc(NC(=O)c2ccc([N+](=O)[O-])cc2)c(C)c1. The average Bonchev–Trinajstić information content (AvgIpc) is 2.69. The summed E-state index contributed by atoms with van der Waals surface area (Å²) < 4.78 is 0. The molecule has 0 saturated heterocycles. The van der Waals surface area contributed by atoms with Crippen molar-refractivity contribution in [3.63, 3.8) is 0 Å². The van der Waals surface area contributed by atoms with E-state index in [2.05, 4.69) is 15.5 Å². The number of aryl methyl sites for hydroxylation is 2. The van der Waals surface area contributed by atoms with Gasteiger partial charge in [0.15, 0.2) is 0 Å². The summed E-state index contributed by atoms with van der Waals surface area (Å²) in [6.45, 7) is 3.83. The third-order valence-electron chi connectivity index (χ3n) is 4.19. The Balaban J connectivity index is 1.72. The standard InChI is InChI=1S/C21H18N4O3/c1-14-5-3-4-6-20(14)24-23-17-9-12-19(15(2)13-17)22-21(26)16-7-10-18(11-8-16)25(27)28/h3-13H,1-2H3,(H,22,26). The van der Waals surface area contributed by atoms with Crippen molar-refractivity contribution in [1.82, 2.24) is 0 Å². The second-order valence-corrected chi connectivity index (χ2v) is 6.24. The van der Waals surface area contributed by atoms with Crippen molar-refractivity contribution >= 4 is 28.7 Å². The van der Waals surface area contributed by atoms with Crippen LogP contribution >= 0.6 is 0 Å². The highest BCUT2D eigenvalue weighted by Gasteiger charge is 2.11. The molecule has 0 saturated carbocycles. The largest absolute Gasteiger partial charge is 0.322 e. The maximum atomic E-state index is 12.4. The van der Waals surface area contributed by atoms with Crippen molar-refractivity contribution in [1.29, 1.82) is 0 Å². The summed E-state index contributed by atoms with van der Waals surface area (Å²) >= 11 is 0. The first kappa shape index (κ1) is 18.9. The molecule has 0 atom stereocenters. The Morgan fingerprint density at radius 1 is 0.929 bits per heavy atom. The van der Waals surface area contributed by atoms with Crippen molar-refractivity contribution in [2.24, 2.45) is 10.2 Å². The topological polar surface area (TPSA) is 97.0 Å². The zero-order valence-corrected chi connectivity index (χ0v) is 15.4. The lowest BCUT2D eigenvalue weighted by Gasteiger charge is -2.09. The molecule has 140 valence electrons. The number of nitro benzene ring substituents is 1. The highest BCUT2D eigenvalue weighted by atomic mass is 16.6. The molecule has 0 unspecified atom stereocenters. The van der Waals surface area contributed by atoms with Crippen LogP contribution in [0.5, 0.6) is 0 Å². The molecule has 28 heavy (non-hydrogen) atoms. The second kappa shape index (κ2) is 8.22. The molecule has 0 aromatic heterocycles. The molecule has 0 aliphatic heterocycles. The molecule has 0 radical (unpaired) electrons.